The summed E-state index contributed by atoms with van der Waals surface area (Å²) >= 11 is 0. The molecule has 0 aliphatic heterocycles. The number of allylic oxidation sites excluding steroid dienone is 1. The summed E-state index contributed by atoms with van der Waals surface area (Å²) in [6.45, 7) is 1.99. The van der Waals surface area contributed by atoms with E-state index in [4.69, 9.17) is 0 Å². The van der Waals surface area contributed by atoms with E-state index in [1.807, 2.05) is 25.1 Å². The number of rotatable bonds is 2. The zero-order chi connectivity index (χ0) is 11.4. The van der Waals surface area contributed by atoms with Crippen LogP contribution in [-0.2, 0) is 0 Å². The third-order valence-electron chi connectivity index (χ3n) is 2.45. The first-order valence-corrected chi connectivity index (χ1v) is 5.28. The van der Waals surface area contributed by atoms with Crippen LogP contribution >= 0.6 is 0 Å². The first-order chi connectivity index (χ1) is 7.79. The predicted octanol–water partition coefficient (Wildman–Crippen LogP) is 4.53. The molecule has 0 fully saturated rings. The van der Waals surface area contributed by atoms with Gasteiger partial charge >= 0.3 is 0 Å². The van der Waals surface area contributed by atoms with Gasteiger partial charge in [0.1, 0.15) is 5.82 Å². The molecule has 2 aromatic carbocycles. The van der Waals surface area contributed by atoms with Crippen LogP contribution in [0.1, 0.15) is 12.5 Å². The number of hydrogen-bond acceptors (Lipinski definition) is 0. The Morgan fingerprint density at radius 2 is 1.31 bits per heavy atom. The fraction of sp³-hybridized carbons (Fsp3) is 0.0667. The zero-order valence-electron chi connectivity index (χ0n) is 9.15. The second kappa shape index (κ2) is 4.75. The van der Waals surface area contributed by atoms with Crippen molar-refractivity contribution < 1.29 is 4.39 Å². The third kappa shape index (κ3) is 2.37. The molecule has 2 aromatic rings. The lowest BCUT2D eigenvalue weighted by Gasteiger charge is -2.02. The third-order valence-corrected chi connectivity index (χ3v) is 2.45. The molecule has 0 radical (unpaired) electrons. The molecular weight excluding hydrogens is 199 g/mol. The Morgan fingerprint density at radius 1 is 0.812 bits per heavy atom. The Morgan fingerprint density at radius 3 is 1.81 bits per heavy atom. The van der Waals surface area contributed by atoms with E-state index in [0.717, 1.165) is 11.1 Å². The smallest absolute Gasteiger partial charge is 0.123 e. The summed E-state index contributed by atoms with van der Waals surface area (Å²) in [6.07, 6.45) is 4.06. The van der Waals surface area contributed by atoms with E-state index in [0.29, 0.717) is 0 Å². The van der Waals surface area contributed by atoms with E-state index in [1.54, 1.807) is 12.1 Å². The van der Waals surface area contributed by atoms with Gasteiger partial charge < -0.3 is 0 Å². The Bertz CT molecular complexity index is 478. The van der Waals surface area contributed by atoms with Crippen LogP contribution in [0.5, 0.6) is 0 Å². The minimum atomic E-state index is -0.200. The van der Waals surface area contributed by atoms with Crippen LogP contribution in [0, 0.1) is 5.82 Å². The van der Waals surface area contributed by atoms with E-state index in [1.165, 1.54) is 17.7 Å². The van der Waals surface area contributed by atoms with E-state index < -0.39 is 0 Å². The van der Waals surface area contributed by atoms with Gasteiger partial charge in [0.2, 0.25) is 0 Å². The van der Waals surface area contributed by atoms with Gasteiger partial charge in [-0.1, -0.05) is 48.6 Å². The Kier molecular flexibility index (Phi) is 3.16. The van der Waals surface area contributed by atoms with Crippen molar-refractivity contribution in [2.75, 3.05) is 0 Å². The van der Waals surface area contributed by atoms with Crippen molar-refractivity contribution in [2.24, 2.45) is 0 Å². The fourth-order valence-corrected chi connectivity index (χ4v) is 1.62. The molecule has 16 heavy (non-hydrogen) atoms. The normalized spacial score (nSPS) is 10.9. The van der Waals surface area contributed by atoms with Crippen molar-refractivity contribution in [3.05, 3.63) is 66.0 Å². The zero-order valence-corrected chi connectivity index (χ0v) is 9.15. The topological polar surface area (TPSA) is 0 Å². The van der Waals surface area contributed by atoms with Crippen LogP contribution in [0.3, 0.4) is 0 Å². The Hall–Kier alpha value is -1.89. The molecule has 0 heterocycles. The highest BCUT2D eigenvalue weighted by atomic mass is 19.1. The van der Waals surface area contributed by atoms with Gasteiger partial charge in [-0.3, -0.25) is 0 Å². The summed E-state index contributed by atoms with van der Waals surface area (Å²) < 4.78 is 12.8. The van der Waals surface area contributed by atoms with Crippen molar-refractivity contribution in [3.8, 4) is 11.1 Å². The van der Waals surface area contributed by atoms with Crippen LogP contribution in [0.15, 0.2) is 54.6 Å². The highest BCUT2D eigenvalue weighted by Gasteiger charge is 1.97. The maximum absolute atomic E-state index is 12.8. The van der Waals surface area contributed by atoms with Gasteiger partial charge in [-0.25, -0.2) is 4.39 Å². The first kappa shape index (κ1) is 10.6. The van der Waals surface area contributed by atoms with Gasteiger partial charge in [-0.15, -0.1) is 0 Å². The largest absolute Gasteiger partial charge is 0.207 e. The van der Waals surface area contributed by atoms with E-state index in [2.05, 4.69) is 18.2 Å². The molecule has 0 atom stereocenters. The average molecular weight is 212 g/mol. The average Bonchev–Trinajstić information content (AvgIpc) is 2.32. The van der Waals surface area contributed by atoms with Gasteiger partial charge in [0.05, 0.1) is 0 Å². The summed E-state index contributed by atoms with van der Waals surface area (Å²) in [6, 6.07) is 14.7. The molecule has 1 heteroatoms. The summed E-state index contributed by atoms with van der Waals surface area (Å²) in [4.78, 5) is 0. The number of halogens is 1. The molecule has 0 spiro atoms. The summed E-state index contributed by atoms with van der Waals surface area (Å²) in [5.41, 5.74) is 3.31. The van der Waals surface area contributed by atoms with E-state index in [9.17, 15) is 4.39 Å². The quantitative estimate of drug-likeness (QED) is 0.686. The standard InChI is InChI=1S/C15H13F/c1-2-3-12-4-6-13(7-5-12)14-8-10-15(16)11-9-14/h2-11H,1H3/b3-2+. The van der Waals surface area contributed by atoms with Crippen molar-refractivity contribution in [2.45, 2.75) is 6.92 Å². The molecule has 0 N–H and O–H groups in total. The van der Waals surface area contributed by atoms with Crippen LogP contribution in [0.25, 0.3) is 17.2 Å². The molecule has 0 unspecified atom stereocenters. The second-order valence-corrected chi connectivity index (χ2v) is 3.63. The Labute approximate surface area is 95.1 Å². The minimum Gasteiger partial charge on any atom is -0.207 e. The predicted molar refractivity (Wildman–Crippen MR) is 66.5 cm³/mol. The molecular formula is C15H13F. The summed E-state index contributed by atoms with van der Waals surface area (Å²) in [7, 11) is 0. The molecule has 80 valence electrons. The van der Waals surface area contributed by atoms with Crippen molar-refractivity contribution in [1.82, 2.24) is 0 Å². The van der Waals surface area contributed by atoms with Crippen LogP contribution in [0.4, 0.5) is 4.39 Å². The van der Waals surface area contributed by atoms with Gasteiger partial charge in [0.25, 0.3) is 0 Å². The molecule has 0 amide bonds. The van der Waals surface area contributed by atoms with Crippen LogP contribution in [0.2, 0.25) is 0 Å². The molecule has 2 rings (SSSR count). The van der Waals surface area contributed by atoms with Crippen LogP contribution < -0.4 is 0 Å². The van der Waals surface area contributed by atoms with Gasteiger partial charge in [-0.2, -0.15) is 0 Å². The lowest BCUT2D eigenvalue weighted by atomic mass is 10.0. The fourth-order valence-electron chi connectivity index (χ4n) is 1.62. The highest BCUT2D eigenvalue weighted by molar-refractivity contribution is 5.65. The van der Waals surface area contributed by atoms with E-state index >= 15 is 0 Å². The highest BCUT2D eigenvalue weighted by Crippen LogP contribution is 2.20. The molecule has 0 aliphatic rings. The first-order valence-electron chi connectivity index (χ1n) is 5.28. The SMILES string of the molecule is C/C=C/c1ccc(-c2ccc(F)cc2)cc1. The second-order valence-electron chi connectivity index (χ2n) is 3.63. The molecule has 0 bridgehead atoms. The Balaban J connectivity index is 2.31. The maximum Gasteiger partial charge on any atom is 0.123 e. The molecule has 0 nitrogen and oxygen atoms in total. The van der Waals surface area contributed by atoms with Crippen molar-refractivity contribution in [3.63, 3.8) is 0 Å². The molecule has 0 aliphatic carbocycles. The number of hydrogen-bond donors (Lipinski definition) is 0. The van der Waals surface area contributed by atoms with Crippen molar-refractivity contribution in [1.29, 1.82) is 0 Å². The molecule has 0 saturated heterocycles. The lowest BCUT2D eigenvalue weighted by molar-refractivity contribution is 0.628. The molecule has 0 saturated carbocycles. The minimum absolute atomic E-state index is 0.200. The number of benzene rings is 2. The summed E-state index contributed by atoms with van der Waals surface area (Å²) in [5.74, 6) is -0.200. The van der Waals surface area contributed by atoms with Gasteiger partial charge in [-0.05, 0) is 35.7 Å². The van der Waals surface area contributed by atoms with E-state index in [-0.39, 0.29) is 5.82 Å². The molecule has 0 aromatic heterocycles. The maximum atomic E-state index is 12.8. The van der Waals surface area contributed by atoms with Crippen LogP contribution in [-0.4, -0.2) is 0 Å². The lowest BCUT2D eigenvalue weighted by Crippen LogP contribution is -1.79. The van der Waals surface area contributed by atoms with Gasteiger partial charge in [0.15, 0.2) is 0 Å². The summed E-state index contributed by atoms with van der Waals surface area (Å²) in [5, 5.41) is 0. The van der Waals surface area contributed by atoms with Gasteiger partial charge in [0, 0.05) is 0 Å². The van der Waals surface area contributed by atoms with Crippen molar-refractivity contribution >= 4 is 6.08 Å². The monoisotopic (exact) mass is 212 g/mol.